The molecule has 0 spiro atoms. The van der Waals surface area contributed by atoms with Gasteiger partial charge in [-0.3, -0.25) is 0 Å². The van der Waals surface area contributed by atoms with Gasteiger partial charge in [0, 0.05) is 6.04 Å². The van der Waals surface area contributed by atoms with Crippen LogP contribution in [-0.2, 0) is 4.74 Å². The fourth-order valence-corrected chi connectivity index (χ4v) is 2.56. The van der Waals surface area contributed by atoms with E-state index in [-0.39, 0.29) is 6.10 Å². The first-order valence-electron chi connectivity index (χ1n) is 5.67. The van der Waals surface area contributed by atoms with E-state index in [1.54, 1.807) is 0 Å². The molecule has 0 aliphatic heterocycles. The van der Waals surface area contributed by atoms with Crippen molar-refractivity contribution in [2.75, 3.05) is 6.61 Å². The van der Waals surface area contributed by atoms with E-state index < -0.39 is 5.60 Å². The topological polar surface area (TPSA) is 55.5 Å². The van der Waals surface area contributed by atoms with Crippen molar-refractivity contribution >= 4 is 0 Å². The number of ether oxygens (including phenoxy) is 1. The van der Waals surface area contributed by atoms with E-state index >= 15 is 0 Å². The van der Waals surface area contributed by atoms with E-state index in [4.69, 9.17) is 10.5 Å². The van der Waals surface area contributed by atoms with Crippen LogP contribution in [0.4, 0.5) is 0 Å². The molecule has 2 atom stereocenters. The summed E-state index contributed by atoms with van der Waals surface area (Å²) in [5.74, 6) is 0.640. The van der Waals surface area contributed by atoms with Crippen molar-refractivity contribution in [3.05, 3.63) is 0 Å². The van der Waals surface area contributed by atoms with Gasteiger partial charge in [-0.1, -0.05) is 0 Å². The van der Waals surface area contributed by atoms with E-state index in [1.165, 1.54) is 0 Å². The maximum Gasteiger partial charge on any atom is 0.0880 e. The summed E-state index contributed by atoms with van der Waals surface area (Å²) in [5.41, 5.74) is 5.11. The molecule has 3 nitrogen and oxygen atoms in total. The number of hydrogen-bond donors (Lipinski definition) is 2. The van der Waals surface area contributed by atoms with Gasteiger partial charge < -0.3 is 15.6 Å². The molecule has 3 N–H and O–H groups in total. The Bertz CT molecular complexity index is 199. The molecule has 2 unspecified atom stereocenters. The quantitative estimate of drug-likeness (QED) is 0.714. The van der Waals surface area contributed by atoms with Crippen molar-refractivity contribution in [2.24, 2.45) is 11.7 Å². The van der Waals surface area contributed by atoms with Crippen LogP contribution in [0.25, 0.3) is 0 Å². The molecule has 0 amide bonds. The zero-order chi connectivity index (χ0) is 10.2. The smallest absolute Gasteiger partial charge is 0.0880 e. The van der Waals surface area contributed by atoms with Crippen molar-refractivity contribution in [1.82, 2.24) is 0 Å². The molecular formula is C11H21NO2. The van der Waals surface area contributed by atoms with Crippen molar-refractivity contribution < 1.29 is 9.84 Å². The lowest BCUT2D eigenvalue weighted by Crippen LogP contribution is -2.42. The van der Waals surface area contributed by atoms with Gasteiger partial charge in [-0.05, 0) is 44.9 Å². The number of rotatable bonds is 3. The van der Waals surface area contributed by atoms with Gasteiger partial charge in [0.15, 0.2) is 0 Å². The summed E-state index contributed by atoms with van der Waals surface area (Å²) < 4.78 is 5.76. The van der Waals surface area contributed by atoms with Gasteiger partial charge in [0.25, 0.3) is 0 Å². The normalized spacial score (nSPS) is 47.8. The Kier molecular flexibility index (Phi) is 2.82. The summed E-state index contributed by atoms with van der Waals surface area (Å²) in [4.78, 5) is 0. The highest BCUT2D eigenvalue weighted by Gasteiger charge is 2.38. The summed E-state index contributed by atoms with van der Waals surface area (Å²) in [6.07, 6.45) is 5.21. The highest BCUT2D eigenvalue weighted by atomic mass is 16.5. The minimum Gasteiger partial charge on any atom is -0.387 e. The first kappa shape index (κ1) is 10.4. The Balaban J connectivity index is 1.70. The van der Waals surface area contributed by atoms with Crippen molar-refractivity contribution in [3.63, 3.8) is 0 Å². The highest BCUT2D eigenvalue weighted by molar-refractivity contribution is 4.90. The van der Waals surface area contributed by atoms with E-state index in [0.717, 1.165) is 38.7 Å². The largest absolute Gasteiger partial charge is 0.387 e. The molecular weight excluding hydrogens is 178 g/mol. The predicted molar refractivity (Wildman–Crippen MR) is 54.9 cm³/mol. The van der Waals surface area contributed by atoms with Gasteiger partial charge in [0.2, 0.25) is 0 Å². The molecule has 0 heterocycles. The second-order valence-electron chi connectivity index (χ2n) is 5.17. The molecule has 0 saturated heterocycles. The SMILES string of the molecule is CC1(O)CCCC1OCC1CC(N)C1. The molecule has 0 aromatic rings. The first-order valence-corrected chi connectivity index (χ1v) is 5.67. The first-order chi connectivity index (χ1) is 6.58. The molecule has 0 aromatic carbocycles. The Labute approximate surface area is 85.6 Å². The molecule has 82 valence electrons. The molecule has 0 bridgehead atoms. The van der Waals surface area contributed by atoms with Gasteiger partial charge in [-0.2, -0.15) is 0 Å². The fourth-order valence-electron chi connectivity index (χ4n) is 2.56. The zero-order valence-corrected chi connectivity index (χ0v) is 8.91. The average molecular weight is 199 g/mol. The van der Waals surface area contributed by atoms with Crippen molar-refractivity contribution in [2.45, 2.75) is 56.8 Å². The van der Waals surface area contributed by atoms with Gasteiger partial charge in [0.1, 0.15) is 0 Å². The molecule has 14 heavy (non-hydrogen) atoms. The van der Waals surface area contributed by atoms with Gasteiger partial charge in [-0.15, -0.1) is 0 Å². The van der Waals surface area contributed by atoms with Crippen LogP contribution in [0.15, 0.2) is 0 Å². The summed E-state index contributed by atoms with van der Waals surface area (Å²) >= 11 is 0. The van der Waals surface area contributed by atoms with Gasteiger partial charge in [-0.25, -0.2) is 0 Å². The molecule has 2 rings (SSSR count). The maximum absolute atomic E-state index is 9.96. The monoisotopic (exact) mass is 199 g/mol. The summed E-state index contributed by atoms with van der Waals surface area (Å²) in [6, 6.07) is 0.396. The van der Waals surface area contributed by atoms with E-state index in [9.17, 15) is 5.11 Å². The molecule has 2 saturated carbocycles. The maximum atomic E-state index is 9.96. The minimum absolute atomic E-state index is 0.0549. The summed E-state index contributed by atoms with van der Waals surface area (Å²) in [7, 11) is 0. The summed E-state index contributed by atoms with van der Waals surface area (Å²) in [5, 5.41) is 9.96. The Hall–Kier alpha value is -0.120. The second-order valence-corrected chi connectivity index (χ2v) is 5.17. The van der Waals surface area contributed by atoms with Crippen LogP contribution in [0.3, 0.4) is 0 Å². The fraction of sp³-hybridized carbons (Fsp3) is 1.00. The zero-order valence-electron chi connectivity index (χ0n) is 8.91. The lowest BCUT2D eigenvalue weighted by Gasteiger charge is -2.34. The lowest BCUT2D eigenvalue weighted by molar-refractivity contribution is -0.0939. The van der Waals surface area contributed by atoms with Crippen molar-refractivity contribution in [3.8, 4) is 0 Å². The minimum atomic E-state index is -0.591. The molecule has 2 aliphatic carbocycles. The number of nitrogens with two attached hydrogens (primary N) is 1. The third-order valence-electron chi connectivity index (χ3n) is 3.65. The van der Waals surface area contributed by atoms with Gasteiger partial charge >= 0.3 is 0 Å². The van der Waals surface area contributed by atoms with Crippen LogP contribution in [0.2, 0.25) is 0 Å². The second kappa shape index (κ2) is 3.80. The van der Waals surface area contributed by atoms with Gasteiger partial charge in [0.05, 0.1) is 18.3 Å². The molecule has 2 fully saturated rings. The number of aliphatic hydroxyl groups is 1. The van der Waals surface area contributed by atoms with Crippen LogP contribution in [0.5, 0.6) is 0 Å². The molecule has 3 heteroatoms. The number of hydrogen-bond acceptors (Lipinski definition) is 3. The summed E-state index contributed by atoms with van der Waals surface area (Å²) in [6.45, 7) is 2.67. The highest BCUT2D eigenvalue weighted by Crippen LogP contribution is 2.33. The van der Waals surface area contributed by atoms with E-state index in [2.05, 4.69) is 0 Å². The Morgan fingerprint density at radius 2 is 2.21 bits per heavy atom. The predicted octanol–water partition coefficient (Wildman–Crippen LogP) is 1.04. The van der Waals surface area contributed by atoms with E-state index in [0.29, 0.717) is 12.0 Å². The van der Waals surface area contributed by atoms with E-state index in [1.807, 2.05) is 6.92 Å². The van der Waals surface area contributed by atoms with Crippen LogP contribution in [0.1, 0.15) is 39.0 Å². The third kappa shape index (κ3) is 2.10. The lowest BCUT2D eigenvalue weighted by atomic mass is 9.81. The molecule has 0 aromatic heterocycles. The third-order valence-corrected chi connectivity index (χ3v) is 3.65. The average Bonchev–Trinajstić information content (AvgIpc) is 2.37. The Morgan fingerprint density at radius 3 is 2.71 bits per heavy atom. The van der Waals surface area contributed by atoms with Crippen LogP contribution < -0.4 is 5.73 Å². The van der Waals surface area contributed by atoms with Crippen molar-refractivity contribution in [1.29, 1.82) is 0 Å². The molecule has 0 radical (unpaired) electrons. The standard InChI is InChI=1S/C11H21NO2/c1-11(13)4-2-3-10(11)14-7-8-5-9(12)6-8/h8-10,13H,2-7,12H2,1H3. The van der Waals surface area contributed by atoms with Crippen LogP contribution in [-0.4, -0.2) is 29.5 Å². The Morgan fingerprint density at radius 1 is 1.50 bits per heavy atom. The van der Waals surface area contributed by atoms with Crippen LogP contribution >= 0.6 is 0 Å². The molecule has 2 aliphatic rings. The van der Waals surface area contributed by atoms with Crippen LogP contribution in [0, 0.1) is 5.92 Å².